The molecule has 12 heteroatoms. The van der Waals surface area contributed by atoms with Crippen molar-refractivity contribution in [3.8, 4) is 0 Å². The van der Waals surface area contributed by atoms with Gasteiger partial charge in [0, 0.05) is 40.9 Å². The third-order valence-electron chi connectivity index (χ3n) is 18.5. The highest BCUT2D eigenvalue weighted by Crippen LogP contribution is 2.34. The van der Waals surface area contributed by atoms with Gasteiger partial charge in [0.05, 0.1) is 38.6 Å². The van der Waals surface area contributed by atoms with Crippen molar-refractivity contribution >= 4 is 82.8 Å². The number of ether oxygens (including phenoxy) is 6. The molecule has 9 fully saturated rings. The van der Waals surface area contributed by atoms with Crippen molar-refractivity contribution in [2.24, 2.45) is 76.9 Å². The second-order valence-electron chi connectivity index (χ2n) is 30.4. The van der Waals surface area contributed by atoms with Crippen molar-refractivity contribution in [1.82, 2.24) is 0 Å². The van der Waals surface area contributed by atoms with E-state index in [9.17, 15) is 0 Å². The predicted molar refractivity (Wildman–Crippen MR) is 421 cm³/mol. The highest BCUT2D eigenvalue weighted by Gasteiger charge is 2.20. The molecule has 0 aromatic carbocycles. The zero-order chi connectivity index (χ0) is 65.8. The topological polar surface area (TPSA) is 55.4 Å². The van der Waals surface area contributed by atoms with Crippen LogP contribution in [0.25, 0.3) is 0 Å². The van der Waals surface area contributed by atoms with Crippen molar-refractivity contribution in [2.75, 3.05) is 68.4 Å². The zero-order valence-electron chi connectivity index (χ0n) is 62.5. The Labute approximate surface area is 596 Å². The average molecular weight is 1460 g/mol. The molecular weight excluding hydrogens is 1310 g/mol. The molecule has 11 aliphatic rings. The van der Waals surface area contributed by atoms with Crippen LogP contribution in [0, 0.1) is 76.9 Å². The second-order valence-corrected chi connectivity index (χ2v) is 38.0. The van der Waals surface area contributed by atoms with E-state index >= 15 is 0 Å². The maximum absolute atomic E-state index is 5.39. The summed E-state index contributed by atoms with van der Waals surface area (Å²) in [5.41, 5.74) is 3.17. The first-order valence-corrected chi connectivity index (χ1v) is 42.0. The molecule has 2 saturated carbocycles. The summed E-state index contributed by atoms with van der Waals surface area (Å²) in [5.74, 6) is 18.5. The summed E-state index contributed by atoms with van der Waals surface area (Å²) >= 11 is 10.5. The van der Waals surface area contributed by atoms with Gasteiger partial charge >= 0.3 is 0 Å². The number of hydrogen-bond donors (Lipinski definition) is 0. The van der Waals surface area contributed by atoms with Crippen LogP contribution in [0.5, 0.6) is 0 Å². The third-order valence-corrected chi connectivity index (χ3v) is 26.6. The maximum Gasteiger partial charge on any atom is 0.154 e. The van der Waals surface area contributed by atoms with Gasteiger partial charge in [-0.25, -0.2) is 0 Å². The van der Waals surface area contributed by atoms with Crippen LogP contribution in [0.3, 0.4) is 0 Å². The van der Waals surface area contributed by atoms with Crippen LogP contribution >= 0.6 is 82.8 Å². The molecule has 0 N–H and O–H groups in total. The molecule has 0 spiro atoms. The molecule has 7 saturated heterocycles. The highest BCUT2D eigenvalue weighted by atomic mass is 127. The Balaban J connectivity index is 0. The first-order valence-electron chi connectivity index (χ1n) is 36.8. The average Bonchev–Trinajstić information content (AvgIpc) is 3.52. The molecule has 0 aromatic rings. The smallest absolute Gasteiger partial charge is 0.154 e. The summed E-state index contributed by atoms with van der Waals surface area (Å²) in [6.07, 6.45) is 33.8. The molecule has 11 rings (SSSR count). The van der Waals surface area contributed by atoms with Crippen LogP contribution in [0.2, 0.25) is 0 Å². The van der Waals surface area contributed by atoms with Gasteiger partial charge < -0.3 is 28.4 Å². The quantitative estimate of drug-likeness (QED) is 0.172. The van der Waals surface area contributed by atoms with E-state index in [1.165, 1.54) is 157 Å². The van der Waals surface area contributed by atoms with Gasteiger partial charge in [-0.1, -0.05) is 172 Å². The third kappa shape index (κ3) is 55.3. The van der Waals surface area contributed by atoms with E-state index in [0.717, 1.165) is 119 Å². The number of halogens is 1. The Morgan fingerprint density at radius 1 is 0.281 bits per heavy atom. The van der Waals surface area contributed by atoms with Crippen molar-refractivity contribution < 1.29 is 29.8 Å². The lowest BCUT2D eigenvalue weighted by Gasteiger charge is -2.24. The minimum absolute atomic E-state index is 0. The first kappa shape index (κ1) is 90.7. The number of rotatable bonds is 0. The molecule has 0 bridgehead atoms. The number of allylic oxidation sites excluding steroid dienone is 4. The fourth-order valence-corrected chi connectivity index (χ4v) is 16.9. The monoisotopic (exact) mass is 1460 g/mol. The standard InChI is InChI=1S/2C8H16.2C8H14.2C7H14O.C7H14S.2C6H12O2.2C6H12S2.HI.H2/c4*1-7-3-5-8(2)6-4-7;3*1-6-3-4-7(2)8-5-6;4*1-5-3-7-6(2)8-4-5;;/h2*7-8H,3-6H2,1-2H3;2*3,8H,4-6H2,1-2H3;3*6-7H,3-5H2,1-2H3;4*5-6H,3-4H2,1-2H3;2*1H. The SMILES string of the molecule is CC1=CCC(C)CC1.CC1=CCC(C)CC1.CC1CCC(C)CC1.CC1CCC(C)CC1.CC1CCC(C)OC1.CC1CCC(C)OC1.CC1CCC(C)SC1.CC1COC(C)OC1.CC1COC(C)OC1.CC1CSC(C)SC1.CC1CSC(C)SC1.I.[HH]. The Kier molecular flexibility index (Phi) is 57.7. The zero-order valence-corrected chi connectivity index (χ0v) is 68.9. The highest BCUT2D eigenvalue weighted by molar-refractivity contribution is 14.0. The van der Waals surface area contributed by atoms with Crippen LogP contribution in [-0.2, 0) is 28.4 Å². The van der Waals surface area contributed by atoms with E-state index in [1.54, 1.807) is 11.1 Å². The Morgan fingerprint density at radius 2 is 0.551 bits per heavy atom. The molecule has 7 aliphatic heterocycles. The molecule has 0 radical (unpaired) electrons. The molecule has 6 nitrogen and oxygen atoms in total. The van der Waals surface area contributed by atoms with Gasteiger partial charge in [-0.05, 0) is 226 Å². The minimum Gasteiger partial charge on any atom is -0.378 e. The molecule has 0 aromatic heterocycles. The molecule has 8 atom stereocenters. The Hall–Kier alpha value is 1.72. The molecule has 0 amide bonds. The van der Waals surface area contributed by atoms with E-state index in [4.69, 9.17) is 28.4 Å². The van der Waals surface area contributed by atoms with E-state index in [1.807, 2.05) is 13.8 Å². The summed E-state index contributed by atoms with van der Waals surface area (Å²) in [5, 5.41) is 0.936. The van der Waals surface area contributed by atoms with Gasteiger partial charge in [-0.3, -0.25) is 0 Å². The normalized spacial score (nSPS) is 37.5. The van der Waals surface area contributed by atoms with Crippen molar-refractivity contribution in [2.45, 2.75) is 320 Å². The van der Waals surface area contributed by atoms with Crippen LogP contribution in [0.1, 0.15) is 282 Å². The predicted octanol–water partition coefficient (Wildman–Crippen LogP) is 25.1. The molecule has 4 aliphatic carbocycles. The lowest BCUT2D eigenvalue weighted by Crippen LogP contribution is -2.27. The fraction of sp³-hybridized carbons (Fsp3) is 0.948. The number of thioether (sulfide) groups is 5. The number of hydrogen-bond acceptors (Lipinski definition) is 11. The largest absolute Gasteiger partial charge is 0.378 e. The van der Waals surface area contributed by atoms with Gasteiger partial charge in [0.1, 0.15) is 0 Å². The summed E-state index contributed by atoms with van der Waals surface area (Å²) in [6.45, 7) is 54.7. The van der Waals surface area contributed by atoms with E-state index in [2.05, 4.69) is 209 Å². The second kappa shape index (κ2) is 56.6. The van der Waals surface area contributed by atoms with Gasteiger partial charge in [0.15, 0.2) is 12.6 Å². The van der Waals surface area contributed by atoms with Gasteiger partial charge in [0.2, 0.25) is 0 Å². The lowest BCUT2D eigenvalue weighted by atomic mass is 9.84. The van der Waals surface area contributed by atoms with Crippen LogP contribution < -0.4 is 0 Å². The maximum atomic E-state index is 5.39. The van der Waals surface area contributed by atoms with Crippen LogP contribution in [0.4, 0.5) is 0 Å². The van der Waals surface area contributed by atoms with Crippen molar-refractivity contribution in [3.63, 3.8) is 0 Å². The van der Waals surface area contributed by atoms with Gasteiger partial charge in [0.25, 0.3) is 0 Å². The molecule has 7 heterocycles. The van der Waals surface area contributed by atoms with E-state index in [0.29, 0.717) is 24.0 Å². The molecular formula is C77H153IO6S5. The van der Waals surface area contributed by atoms with Crippen molar-refractivity contribution in [1.29, 1.82) is 0 Å². The molecule has 89 heavy (non-hydrogen) atoms. The van der Waals surface area contributed by atoms with Gasteiger partial charge in [-0.2, -0.15) is 11.8 Å². The van der Waals surface area contributed by atoms with Crippen molar-refractivity contribution in [3.05, 3.63) is 23.3 Å². The Bertz CT molecular complexity index is 1210. The first-order chi connectivity index (χ1) is 41.7. The van der Waals surface area contributed by atoms with Gasteiger partial charge in [-0.15, -0.1) is 71.0 Å². The molecule has 8 unspecified atom stereocenters. The minimum atomic E-state index is 0. The summed E-state index contributed by atoms with van der Waals surface area (Å²) in [7, 11) is 0. The fourth-order valence-electron chi connectivity index (χ4n) is 10.9. The summed E-state index contributed by atoms with van der Waals surface area (Å²) < 4.78 is 33.2. The van der Waals surface area contributed by atoms with E-state index in [-0.39, 0.29) is 38.0 Å². The van der Waals surface area contributed by atoms with E-state index < -0.39 is 0 Å². The van der Waals surface area contributed by atoms with Crippen LogP contribution in [-0.4, -0.2) is 108 Å². The Morgan fingerprint density at radius 3 is 0.742 bits per heavy atom. The lowest BCUT2D eigenvalue weighted by molar-refractivity contribution is -0.187. The summed E-state index contributed by atoms with van der Waals surface area (Å²) in [4.78, 5) is 0. The van der Waals surface area contributed by atoms with Crippen LogP contribution in [0.15, 0.2) is 23.3 Å². The summed E-state index contributed by atoms with van der Waals surface area (Å²) in [6, 6.07) is 0. The molecule has 534 valence electrons.